The first-order chi connectivity index (χ1) is 6.20. The standard InChI is InChI=1S/C9H9NO2S/c1-10-6-5-7-8(10)3-2-4-9(7)13(11)12/h2-6H,1H3,(H,11,12). The fourth-order valence-corrected chi connectivity index (χ4v) is 1.98. The van der Waals surface area contributed by atoms with Crippen molar-refractivity contribution in [3.63, 3.8) is 0 Å². The Balaban J connectivity index is 2.84. The van der Waals surface area contributed by atoms with E-state index in [9.17, 15) is 4.21 Å². The molecule has 1 heterocycles. The van der Waals surface area contributed by atoms with E-state index in [1.54, 1.807) is 12.1 Å². The third-order valence-corrected chi connectivity index (χ3v) is 2.81. The highest BCUT2D eigenvalue weighted by molar-refractivity contribution is 7.79. The van der Waals surface area contributed by atoms with Crippen LogP contribution in [-0.2, 0) is 18.1 Å². The molecule has 0 aliphatic carbocycles. The maximum Gasteiger partial charge on any atom is 0.187 e. The Hall–Kier alpha value is -1.13. The van der Waals surface area contributed by atoms with Gasteiger partial charge in [-0.3, -0.25) is 0 Å². The summed E-state index contributed by atoms with van der Waals surface area (Å²) in [5.74, 6) is 0. The van der Waals surface area contributed by atoms with E-state index < -0.39 is 11.1 Å². The van der Waals surface area contributed by atoms with Gasteiger partial charge in [0.1, 0.15) is 0 Å². The van der Waals surface area contributed by atoms with Crippen LogP contribution in [0.2, 0.25) is 0 Å². The molecule has 0 aliphatic rings. The van der Waals surface area contributed by atoms with Gasteiger partial charge in [-0.1, -0.05) is 6.07 Å². The molecule has 68 valence electrons. The minimum atomic E-state index is -1.90. The Morgan fingerprint density at radius 2 is 2.15 bits per heavy atom. The molecule has 3 nitrogen and oxygen atoms in total. The normalized spacial score (nSPS) is 13.4. The van der Waals surface area contributed by atoms with Gasteiger partial charge in [-0.2, -0.15) is 0 Å². The first kappa shape index (κ1) is 8.47. The second-order valence-corrected chi connectivity index (χ2v) is 3.80. The molecule has 2 rings (SSSR count). The molecule has 0 saturated carbocycles. The lowest BCUT2D eigenvalue weighted by atomic mass is 10.2. The van der Waals surface area contributed by atoms with Crippen molar-refractivity contribution in [2.24, 2.45) is 7.05 Å². The van der Waals surface area contributed by atoms with Crippen molar-refractivity contribution in [3.8, 4) is 0 Å². The number of fused-ring (bicyclic) bond motifs is 1. The lowest BCUT2D eigenvalue weighted by Crippen LogP contribution is -1.89. The zero-order valence-electron chi connectivity index (χ0n) is 7.10. The molecule has 0 aliphatic heterocycles. The minimum Gasteiger partial charge on any atom is -0.351 e. The van der Waals surface area contributed by atoms with Crippen molar-refractivity contribution >= 4 is 22.0 Å². The molecule has 0 bridgehead atoms. The molecule has 0 spiro atoms. The van der Waals surface area contributed by atoms with Gasteiger partial charge in [-0.05, 0) is 18.2 Å². The molecule has 4 heteroatoms. The molecule has 13 heavy (non-hydrogen) atoms. The lowest BCUT2D eigenvalue weighted by molar-refractivity contribution is 0.565. The molecule has 0 saturated heterocycles. The van der Waals surface area contributed by atoms with Crippen LogP contribution in [0.1, 0.15) is 0 Å². The number of aromatic nitrogens is 1. The van der Waals surface area contributed by atoms with Crippen molar-refractivity contribution in [3.05, 3.63) is 30.5 Å². The molecule has 0 radical (unpaired) electrons. The average molecular weight is 195 g/mol. The quantitative estimate of drug-likeness (QED) is 0.704. The molecule has 0 amide bonds. The maximum atomic E-state index is 10.9. The first-order valence-corrected chi connectivity index (χ1v) is 4.96. The molecule has 0 fully saturated rings. The zero-order valence-corrected chi connectivity index (χ0v) is 7.91. The smallest absolute Gasteiger partial charge is 0.187 e. The summed E-state index contributed by atoms with van der Waals surface area (Å²) in [5.41, 5.74) is 0.972. The molecular formula is C9H9NO2S. The predicted octanol–water partition coefficient (Wildman–Crippen LogP) is 1.76. The van der Waals surface area contributed by atoms with E-state index in [-0.39, 0.29) is 0 Å². The number of hydrogen-bond donors (Lipinski definition) is 1. The molecule has 2 aromatic rings. The third-order valence-electron chi connectivity index (χ3n) is 2.08. The van der Waals surface area contributed by atoms with Crippen LogP contribution in [0.4, 0.5) is 0 Å². The van der Waals surface area contributed by atoms with Crippen molar-refractivity contribution < 1.29 is 8.76 Å². The van der Waals surface area contributed by atoms with E-state index in [0.29, 0.717) is 4.90 Å². The van der Waals surface area contributed by atoms with E-state index >= 15 is 0 Å². The summed E-state index contributed by atoms with van der Waals surface area (Å²) in [4.78, 5) is 0.470. The van der Waals surface area contributed by atoms with E-state index in [2.05, 4.69) is 0 Å². The number of benzene rings is 1. The van der Waals surface area contributed by atoms with Gasteiger partial charge in [0.25, 0.3) is 0 Å². The van der Waals surface area contributed by atoms with E-state index in [1.807, 2.05) is 29.9 Å². The van der Waals surface area contributed by atoms with Crippen LogP contribution in [0, 0.1) is 0 Å². The number of aryl methyl sites for hydroxylation is 1. The Morgan fingerprint density at radius 1 is 1.38 bits per heavy atom. The second kappa shape index (κ2) is 2.97. The van der Waals surface area contributed by atoms with Crippen LogP contribution < -0.4 is 0 Å². The van der Waals surface area contributed by atoms with Gasteiger partial charge in [0, 0.05) is 24.1 Å². The van der Waals surface area contributed by atoms with Crippen LogP contribution in [-0.4, -0.2) is 13.3 Å². The van der Waals surface area contributed by atoms with Crippen molar-refractivity contribution in [1.82, 2.24) is 4.57 Å². The Bertz CT molecular complexity index is 475. The summed E-state index contributed by atoms with van der Waals surface area (Å²) in [5, 5.41) is 0.839. The SMILES string of the molecule is Cn1ccc2c(S(=O)O)cccc21. The summed E-state index contributed by atoms with van der Waals surface area (Å²) in [6.07, 6.45) is 1.88. The Morgan fingerprint density at radius 3 is 2.85 bits per heavy atom. The van der Waals surface area contributed by atoms with Crippen LogP contribution in [0.15, 0.2) is 35.4 Å². The van der Waals surface area contributed by atoms with E-state index in [0.717, 1.165) is 10.9 Å². The highest BCUT2D eigenvalue weighted by Crippen LogP contribution is 2.21. The highest BCUT2D eigenvalue weighted by Gasteiger charge is 2.06. The molecule has 1 aromatic heterocycles. The monoisotopic (exact) mass is 195 g/mol. The Labute approximate surface area is 78.3 Å². The topological polar surface area (TPSA) is 42.2 Å². The van der Waals surface area contributed by atoms with Gasteiger partial charge in [-0.15, -0.1) is 0 Å². The number of nitrogens with zero attached hydrogens (tertiary/aromatic N) is 1. The fraction of sp³-hybridized carbons (Fsp3) is 0.111. The highest BCUT2D eigenvalue weighted by atomic mass is 32.2. The molecule has 1 aromatic carbocycles. The largest absolute Gasteiger partial charge is 0.351 e. The van der Waals surface area contributed by atoms with Gasteiger partial charge in [0.15, 0.2) is 11.1 Å². The predicted molar refractivity (Wildman–Crippen MR) is 52.0 cm³/mol. The van der Waals surface area contributed by atoms with Gasteiger partial charge >= 0.3 is 0 Å². The van der Waals surface area contributed by atoms with E-state index in [4.69, 9.17) is 4.55 Å². The van der Waals surface area contributed by atoms with Crippen LogP contribution in [0.25, 0.3) is 10.9 Å². The second-order valence-electron chi connectivity index (χ2n) is 2.86. The fourth-order valence-electron chi connectivity index (χ4n) is 1.43. The molecular weight excluding hydrogens is 186 g/mol. The lowest BCUT2D eigenvalue weighted by Gasteiger charge is -1.98. The van der Waals surface area contributed by atoms with Crippen LogP contribution >= 0.6 is 0 Å². The third kappa shape index (κ3) is 1.28. The van der Waals surface area contributed by atoms with E-state index in [1.165, 1.54) is 0 Å². The molecule has 1 unspecified atom stereocenters. The zero-order chi connectivity index (χ0) is 9.42. The first-order valence-electron chi connectivity index (χ1n) is 3.85. The van der Waals surface area contributed by atoms with Gasteiger partial charge < -0.3 is 9.12 Å². The van der Waals surface area contributed by atoms with Crippen molar-refractivity contribution in [2.75, 3.05) is 0 Å². The summed E-state index contributed by atoms with van der Waals surface area (Å²) < 4.78 is 21.8. The summed E-state index contributed by atoms with van der Waals surface area (Å²) in [7, 11) is 1.91. The van der Waals surface area contributed by atoms with Gasteiger partial charge in [0.2, 0.25) is 0 Å². The summed E-state index contributed by atoms with van der Waals surface area (Å²) in [6.45, 7) is 0. The van der Waals surface area contributed by atoms with Crippen molar-refractivity contribution in [2.45, 2.75) is 4.90 Å². The van der Waals surface area contributed by atoms with Gasteiger partial charge in [-0.25, -0.2) is 4.21 Å². The molecule has 1 atom stereocenters. The maximum absolute atomic E-state index is 10.9. The molecule has 1 N–H and O–H groups in total. The Kier molecular flexibility index (Phi) is 1.94. The average Bonchev–Trinajstić information content (AvgIpc) is 2.48. The summed E-state index contributed by atoms with van der Waals surface area (Å²) >= 11 is -1.90. The van der Waals surface area contributed by atoms with Crippen molar-refractivity contribution in [1.29, 1.82) is 0 Å². The number of hydrogen-bond acceptors (Lipinski definition) is 1. The van der Waals surface area contributed by atoms with Crippen LogP contribution in [0.5, 0.6) is 0 Å². The summed E-state index contributed by atoms with van der Waals surface area (Å²) in [6, 6.07) is 7.22. The van der Waals surface area contributed by atoms with Gasteiger partial charge in [0.05, 0.1) is 4.90 Å². The van der Waals surface area contributed by atoms with Crippen LogP contribution in [0.3, 0.4) is 0 Å². The minimum absolute atomic E-state index is 0.470. The number of rotatable bonds is 1.